The molecule has 0 radical (unpaired) electrons. The van der Waals surface area contributed by atoms with Crippen LogP contribution in [0.3, 0.4) is 0 Å². The van der Waals surface area contributed by atoms with Gasteiger partial charge in [0.2, 0.25) is 0 Å². The Morgan fingerprint density at radius 1 is 1.29 bits per heavy atom. The molecular weight excluding hydrogens is 372 g/mol. The smallest absolute Gasteiger partial charge is 0.0994 e. The van der Waals surface area contributed by atoms with E-state index in [-0.39, 0.29) is 6.04 Å². The van der Waals surface area contributed by atoms with Crippen LogP contribution < -0.4 is 5.73 Å². The van der Waals surface area contributed by atoms with E-state index in [1.807, 2.05) is 19.9 Å². The molecule has 0 unspecified atom stereocenters. The maximum absolute atomic E-state index is 10.3. The van der Waals surface area contributed by atoms with Crippen LogP contribution in [0.1, 0.15) is 49.8 Å². The molecule has 1 aliphatic rings. The molecule has 0 aliphatic heterocycles. The minimum Gasteiger partial charge on any atom is -0.396 e. The second-order valence-electron chi connectivity index (χ2n) is 8.06. The van der Waals surface area contributed by atoms with Gasteiger partial charge < -0.3 is 15.4 Å². The number of aromatic nitrogens is 2. The van der Waals surface area contributed by atoms with Crippen molar-refractivity contribution >= 4 is 28.2 Å². The third kappa shape index (κ3) is 3.13. The van der Waals surface area contributed by atoms with Gasteiger partial charge in [-0.15, -0.1) is 0 Å². The molecule has 5 nitrogen and oxygen atoms in total. The van der Waals surface area contributed by atoms with Gasteiger partial charge in [-0.3, -0.25) is 4.98 Å². The number of hydrogen-bond donors (Lipinski definition) is 2. The van der Waals surface area contributed by atoms with Crippen LogP contribution in [0, 0.1) is 18.3 Å². The van der Waals surface area contributed by atoms with Gasteiger partial charge in [-0.05, 0) is 57.2 Å². The molecule has 1 aliphatic carbocycles. The van der Waals surface area contributed by atoms with Crippen LogP contribution >= 0.6 is 11.6 Å². The number of nitriles is 1. The average molecular weight is 395 g/mol. The number of pyridine rings is 1. The van der Waals surface area contributed by atoms with Gasteiger partial charge in [0.25, 0.3) is 0 Å². The van der Waals surface area contributed by atoms with E-state index in [9.17, 15) is 10.4 Å². The van der Waals surface area contributed by atoms with Gasteiger partial charge in [-0.1, -0.05) is 11.6 Å². The summed E-state index contributed by atoms with van der Waals surface area (Å²) in [7, 11) is 0. The van der Waals surface area contributed by atoms with Crippen molar-refractivity contribution in [2.45, 2.75) is 51.2 Å². The third-order valence-electron chi connectivity index (χ3n) is 5.92. The molecule has 2 aromatic heterocycles. The number of fused-ring (bicyclic) bond motifs is 1. The number of nitrogen functional groups attached to an aromatic ring is 1. The van der Waals surface area contributed by atoms with E-state index in [4.69, 9.17) is 17.3 Å². The van der Waals surface area contributed by atoms with Crippen molar-refractivity contribution in [3.63, 3.8) is 0 Å². The van der Waals surface area contributed by atoms with Crippen LogP contribution in [-0.4, -0.2) is 20.3 Å². The summed E-state index contributed by atoms with van der Waals surface area (Å²) in [6.45, 7) is 3.86. The Kier molecular flexibility index (Phi) is 4.57. The predicted molar refractivity (Wildman–Crippen MR) is 112 cm³/mol. The molecule has 3 aromatic rings. The molecule has 4 rings (SSSR count). The molecule has 28 heavy (non-hydrogen) atoms. The summed E-state index contributed by atoms with van der Waals surface area (Å²) in [6, 6.07) is 6.56. The fourth-order valence-corrected chi connectivity index (χ4v) is 4.39. The van der Waals surface area contributed by atoms with E-state index in [0.29, 0.717) is 16.3 Å². The number of nitrogens with two attached hydrogens (primary N) is 1. The van der Waals surface area contributed by atoms with Crippen LogP contribution in [0.25, 0.3) is 22.0 Å². The normalized spacial score (nSPS) is 22.3. The zero-order valence-corrected chi connectivity index (χ0v) is 16.8. The number of aliphatic hydroxyl groups is 1. The van der Waals surface area contributed by atoms with Crippen LogP contribution in [0.5, 0.6) is 0 Å². The van der Waals surface area contributed by atoms with Gasteiger partial charge in [-0.25, -0.2) is 0 Å². The van der Waals surface area contributed by atoms with Gasteiger partial charge in [0.15, 0.2) is 0 Å². The van der Waals surface area contributed by atoms with Crippen LogP contribution in [-0.2, 0) is 0 Å². The highest BCUT2D eigenvalue weighted by Crippen LogP contribution is 2.42. The van der Waals surface area contributed by atoms with Crippen molar-refractivity contribution in [3.05, 3.63) is 46.9 Å². The molecule has 1 saturated carbocycles. The molecule has 0 amide bonds. The first-order valence-electron chi connectivity index (χ1n) is 9.48. The third-order valence-corrected chi connectivity index (χ3v) is 6.34. The van der Waals surface area contributed by atoms with Crippen LogP contribution in [0.15, 0.2) is 30.7 Å². The molecule has 1 fully saturated rings. The first-order chi connectivity index (χ1) is 13.3. The lowest BCUT2D eigenvalue weighted by atomic mass is 9.83. The lowest BCUT2D eigenvalue weighted by molar-refractivity contribution is 0.0104. The molecule has 3 N–H and O–H groups in total. The van der Waals surface area contributed by atoms with Crippen molar-refractivity contribution in [1.82, 2.24) is 9.55 Å². The van der Waals surface area contributed by atoms with E-state index < -0.39 is 5.60 Å². The van der Waals surface area contributed by atoms with Crippen LogP contribution in [0.4, 0.5) is 5.69 Å². The van der Waals surface area contributed by atoms with E-state index in [2.05, 4.69) is 27.9 Å². The van der Waals surface area contributed by atoms with E-state index in [1.165, 1.54) is 0 Å². The molecular formula is C22H23ClN4O. The monoisotopic (exact) mass is 394 g/mol. The van der Waals surface area contributed by atoms with Crippen molar-refractivity contribution in [2.75, 3.05) is 5.73 Å². The number of nitrogens with zero attached hydrogens (tertiary/aromatic N) is 3. The molecule has 0 saturated heterocycles. The van der Waals surface area contributed by atoms with Gasteiger partial charge in [0.05, 0.1) is 34.1 Å². The Morgan fingerprint density at radius 2 is 2.00 bits per heavy atom. The maximum Gasteiger partial charge on any atom is 0.0994 e. The molecule has 0 atom stereocenters. The minimum absolute atomic E-state index is 0.289. The van der Waals surface area contributed by atoms with Crippen LogP contribution in [0.2, 0.25) is 5.02 Å². The Labute approximate surface area is 169 Å². The van der Waals surface area contributed by atoms with Gasteiger partial charge in [0, 0.05) is 40.5 Å². The molecule has 2 heterocycles. The Hall–Kier alpha value is -2.55. The summed E-state index contributed by atoms with van der Waals surface area (Å²) in [5.41, 5.74) is 10.2. The molecule has 0 spiro atoms. The van der Waals surface area contributed by atoms with Crippen molar-refractivity contribution in [2.24, 2.45) is 0 Å². The van der Waals surface area contributed by atoms with Gasteiger partial charge >= 0.3 is 0 Å². The van der Waals surface area contributed by atoms with Crippen molar-refractivity contribution in [1.29, 1.82) is 5.26 Å². The number of anilines is 1. The summed E-state index contributed by atoms with van der Waals surface area (Å²) < 4.78 is 2.27. The number of halogens is 1. The van der Waals surface area contributed by atoms with E-state index >= 15 is 0 Å². The number of hydrogen-bond acceptors (Lipinski definition) is 4. The number of aryl methyl sites for hydroxylation is 1. The predicted octanol–water partition coefficient (Wildman–Crippen LogP) is 4.99. The minimum atomic E-state index is -0.590. The first kappa shape index (κ1) is 18.8. The summed E-state index contributed by atoms with van der Waals surface area (Å²) in [6.07, 6.45) is 8.69. The summed E-state index contributed by atoms with van der Waals surface area (Å²) >= 11 is 6.49. The van der Waals surface area contributed by atoms with E-state index in [1.54, 1.807) is 12.4 Å². The lowest BCUT2D eigenvalue weighted by Gasteiger charge is -2.34. The molecule has 1 aromatic carbocycles. The molecule has 6 heteroatoms. The lowest BCUT2D eigenvalue weighted by Crippen LogP contribution is -2.31. The molecule has 0 bridgehead atoms. The zero-order valence-electron chi connectivity index (χ0n) is 16.0. The zero-order chi connectivity index (χ0) is 20.1. The highest BCUT2D eigenvalue weighted by Gasteiger charge is 2.30. The second-order valence-corrected chi connectivity index (χ2v) is 8.44. The standard InChI is InChI=1S/C22H23ClN4O/c1-13-7-20-16(8-14(13)9-24)18(17-10-26-11-19(25)21(17)23)12-27(20)15-3-5-22(2,28)6-4-15/h7-8,10-12,15,28H,3-6,25H2,1-2H3. The second kappa shape index (κ2) is 6.80. The molecule has 144 valence electrons. The largest absolute Gasteiger partial charge is 0.396 e. The summed E-state index contributed by atoms with van der Waals surface area (Å²) in [5, 5.41) is 21.3. The first-order valence-corrected chi connectivity index (χ1v) is 9.85. The number of benzene rings is 1. The topological polar surface area (TPSA) is 87.9 Å². The quantitative estimate of drug-likeness (QED) is 0.641. The average Bonchev–Trinajstić information content (AvgIpc) is 3.01. The fourth-order valence-electron chi connectivity index (χ4n) is 4.19. The highest BCUT2D eigenvalue weighted by molar-refractivity contribution is 6.36. The fraction of sp³-hybridized carbons (Fsp3) is 0.364. The number of rotatable bonds is 2. The van der Waals surface area contributed by atoms with Crippen molar-refractivity contribution < 1.29 is 5.11 Å². The van der Waals surface area contributed by atoms with Gasteiger partial charge in [-0.2, -0.15) is 5.26 Å². The Bertz CT molecular complexity index is 1100. The summed E-state index contributed by atoms with van der Waals surface area (Å²) in [4.78, 5) is 4.21. The van der Waals surface area contributed by atoms with Gasteiger partial charge in [0.1, 0.15) is 0 Å². The van der Waals surface area contributed by atoms with E-state index in [0.717, 1.165) is 53.3 Å². The Morgan fingerprint density at radius 3 is 2.68 bits per heavy atom. The Balaban J connectivity index is 1.93. The highest BCUT2D eigenvalue weighted by atomic mass is 35.5. The maximum atomic E-state index is 10.3. The van der Waals surface area contributed by atoms with Crippen molar-refractivity contribution in [3.8, 4) is 17.2 Å². The SMILES string of the molecule is Cc1cc2c(cc1C#N)c(-c1cncc(N)c1Cl)cn2C1CCC(C)(O)CC1. The summed E-state index contributed by atoms with van der Waals surface area (Å²) in [5.74, 6) is 0.